The molecule has 0 aliphatic rings. The Kier molecular flexibility index (Phi) is 4.06. The molecule has 0 bridgehead atoms. The topological polar surface area (TPSA) is 58.2 Å². The number of para-hydroxylation sites is 2. The van der Waals surface area contributed by atoms with E-state index in [0.29, 0.717) is 12.2 Å². The normalized spacial score (nSPS) is 11.0. The van der Waals surface area contributed by atoms with E-state index < -0.39 is 10.0 Å². The van der Waals surface area contributed by atoms with Crippen LogP contribution in [-0.2, 0) is 16.6 Å². The highest BCUT2D eigenvalue weighted by Crippen LogP contribution is 2.22. The van der Waals surface area contributed by atoms with E-state index in [0.717, 1.165) is 17.5 Å². The van der Waals surface area contributed by atoms with Crippen molar-refractivity contribution in [3.05, 3.63) is 60.2 Å². The van der Waals surface area contributed by atoms with Crippen LogP contribution in [0.3, 0.4) is 0 Å². The van der Waals surface area contributed by atoms with E-state index in [1.807, 2.05) is 42.5 Å². The van der Waals surface area contributed by atoms with E-state index >= 15 is 0 Å². The number of sulfonamides is 1. The maximum atomic E-state index is 11.3. The van der Waals surface area contributed by atoms with Crippen molar-refractivity contribution in [2.75, 3.05) is 16.3 Å². The maximum absolute atomic E-state index is 11.3. The molecule has 5 heteroatoms. The van der Waals surface area contributed by atoms with Gasteiger partial charge in [0.25, 0.3) is 0 Å². The van der Waals surface area contributed by atoms with E-state index in [-0.39, 0.29) is 0 Å². The van der Waals surface area contributed by atoms with Gasteiger partial charge >= 0.3 is 0 Å². The van der Waals surface area contributed by atoms with E-state index in [4.69, 9.17) is 0 Å². The summed E-state index contributed by atoms with van der Waals surface area (Å²) in [5.41, 5.74) is 2.45. The monoisotopic (exact) mass is 276 g/mol. The van der Waals surface area contributed by atoms with Crippen LogP contribution < -0.4 is 10.0 Å². The van der Waals surface area contributed by atoms with Gasteiger partial charge in [-0.3, -0.25) is 4.72 Å². The lowest BCUT2D eigenvalue weighted by Crippen LogP contribution is -2.11. The average Bonchev–Trinajstić information content (AvgIpc) is 2.37. The first kappa shape index (κ1) is 13.4. The van der Waals surface area contributed by atoms with Crippen LogP contribution in [0.2, 0.25) is 0 Å². The van der Waals surface area contributed by atoms with Crippen molar-refractivity contribution in [2.24, 2.45) is 0 Å². The number of rotatable bonds is 5. The third kappa shape index (κ3) is 4.30. The molecule has 0 fully saturated rings. The minimum Gasteiger partial charge on any atom is -0.379 e. The lowest BCUT2D eigenvalue weighted by atomic mass is 10.2. The van der Waals surface area contributed by atoms with Gasteiger partial charge in [-0.1, -0.05) is 42.5 Å². The van der Waals surface area contributed by atoms with E-state index in [2.05, 4.69) is 10.0 Å². The van der Waals surface area contributed by atoms with Gasteiger partial charge in [0.05, 0.1) is 17.6 Å². The van der Waals surface area contributed by atoms with Gasteiger partial charge in [-0.05, 0) is 17.7 Å². The maximum Gasteiger partial charge on any atom is 0.229 e. The number of benzene rings is 2. The van der Waals surface area contributed by atoms with Crippen LogP contribution in [0.4, 0.5) is 11.4 Å². The van der Waals surface area contributed by atoms with Crippen LogP contribution in [0.1, 0.15) is 5.56 Å². The molecule has 4 nitrogen and oxygen atoms in total. The second-order valence-corrected chi connectivity index (χ2v) is 6.01. The highest BCUT2D eigenvalue weighted by atomic mass is 32.2. The molecule has 0 radical (unpaired) electrons. The zero-order valence-electron chi connectivity index (χ0n) is 10.6. The molecule has 2 rings (SSSR count). The first-order valence-corrected chi connectivity index (χ1v) is 7.78. The molecule has 0 saturated heterocycles. The summed E-state index contributed by atoms with van der Waals surface area (Å²) in [6.45, 7) is 0.642. The SMILES string of the molecule is CS(=O)(=O)Nc1ccccc1NCc1ccccc1. The van der Waals surface area contributed by atoms with Gasteiger partial charge in [-0.25, -0.2) is 8.42 Å². The van der Waals surface area contributed by atoms with Crippen molar-refractivity contribution in [1.82, 2.24) is 0 Å². The molecular formula is C14H16N2O2S. The Morgan fingerprint density at radius 1 is 0.895 bits per heavy atom. The summed E-state index contributed by atoms with van der Waals surface area (Å²) >= 11 is 0. The highest BCUT2D eigenvalue weighted by molar-refractivity contribution is 7.92. The third-order valence-corrected chi connectivity index (χ3v) is 3.14. The Morgan fingerprint density at radius 3 is 2.11 bits per heavy atom. The van der Waals surface area contributed by atoms with E-state index in [1.54, 1.807) is 12.1 Å². The fourth-order valence-corrected chi connectivity index (χ4v) is 2.30. The van der Waals surface area contributed by atoms with Gasteiger partial charge in [0.15, 0.2) is 0 Å². The lowest BCUT2D eigenvalue weighted by Gasteiger charge is -2.12. The Labute approximate surface area is 113 Å². The van der Waals surface area contributed by atoms with Crippen molar-refractivity contribution < 1.29 is 8.42 Å². The second-order valence-electron chi connectivity index (χ2n) is 4.26. The smallest absolute Gasteiger partial charge is 0.229 e. The number of nitrogens with one attached hydrogen (secondary N) is 2. The highest BCUT2D eigenvalue weighted by Gasteiger charge is 2.06. The minimum absolute atomic E-state index is 0.556. The molecule has 2 N–H and O–H groups in total. The average molecular weight is 276 g/mol. The second kappa shape index (κ2) is 5.75. The van der Waals surface area contributed by atoms with Crippen molar-refractivity contribution in [1.29, 1.82) is 0 Å². The van der Waals surface area contributed by atoms with Crippen LogP contribution >= 0.6 is 0 Å². The fraction of sp³-hybridized carbons (Fsp3) is 0.143. The molecule has 2 aromatic carbocycles. The molecule has 0 aliphatic carbocycles. The Bertz CT molecular complexity index is 640. The van der Waals surface area contributed by atoms with Crippen LogP contribution in [0.5, 0.6) is 0 Å². The molecule has 0 heterocycles. The number of hydrogen-bond donors (Lipinski definition) is 2. The molecule has 19 heavy (non-hydrogen) atoms. The van der Waals surface area contributed by atoms with Gasteiger partial charge in [0, 0.05) is 6.54 Å². The van der Waals surface area contributed by atoms with Crippen LogP contribution in [0.25, 0.3) is 0 Å². The molecule has 0 amide bonds. The predicted octanol–water partition coefficient (Wildman–Crippen LogP) is 2.67. The first-order chi connectivity index (χ1) is 9.04. The summed E-state index contributed by atoms with van der Waals surface area (Å²) in [6, 6.07) is 17.2. The molecule has 2 aromatic rings. The Morgan fingerprint density at radius 2 is 1.47 bits per heavy atom. The van der Waals surface area contributed by atoms with Crippen molar-refractivity contribution in [3.8, 4) is 0 Å². The predicted molar refractivity (Wildman–Crippen MR) is 78.7 cm³/mol. The fourth-order valence-electron chi connectivity index (χ4n) is 1.72. The van der Waals surface area contributed by atoms with Gasteiger partial charge in [-0.2, -0.15) is 0 Å². The summed E-state index contributed by atoms with van der Waals surface area (Å²) in [5.74, 6) is 0. The zero-order chi connectivity index (χ0) is 13.7. The summed E-state index contributed by atoms with van der Waals surface area (Å²) < 4.78 is 25.1. The van der Waals surface area contributed by atoms with Gasteiger partial charge in [0.1, 0.15) is 0 Å². The van der Waals surface area contributed by atoms with Gasteiger partial charge in [0.2, 0.25) is 10.0 Å². The van der Waals surface area contributed by atoms with E-state index in [9.17, 15) is 8.42 Å². The molecule has 100 valence electrons. The van der Waals surface area contributed by atoms with Crippen LogP contribution in [0.15, 0.2) is 54.6 Å². The number of anilines is 2. The van der Waals surface area contributed by atoms with Gasteiger partial charge in [-0.15, -0.1) is 0 Å². The molecule has 0 atom stereocenters. The minimum atomic E-state index is -3.27. The summed E-state index contributed by atoms with van der Waals surface area (Å²) in [4.78, 5) is 0. The van der Waals surface area contributed by atoms with Crippen molar-refractivity contribution >= 4 is 21.4 Å². The van der Waals surface area contributed by atoms with Crippen molar-refractivity contribution in [2.45, 2.75) is 6.54 Å². The molecule has 0 unspecified atom stereocenters. The molecule has 0 aliphatic heterocycles. The zero-order valence-corrected chi connectivity index (χ0v) is 11.4. The largest absolute Gasteiger partial charge is 0.379 e. The van der Waals surface area contributed by atoms with Gasteiger partial charge < -0.3 is 5.32 Å². The van der Waals surface area contributed by atoms with Crippen LogP contribution in [0, 0.1) is 0 Å². The first-order valence-electron chi connectivity index (χ1n) is 5.89. The Hall–Kier alpha value is -2.01. The summed E-state index contributed by atoms with van der Waals surface area (Å²) in [6.07, 6.45) is 1.14. The number of hydrogen-bond acceptors (Lipinski definition) is 3. The van der Waals surface area contributed by atoms with E-state index in [1.165, 1.54) is 0 Å². The summed E-state index contributed by atoms with van der Waals surface area (Å²) in [5, 5.41) is 3.23. The Balaban J connectivity index is 2.12. The molecule has 0 aromatic heterocycles. The molecular weight excluding hydrogens is 260 g/mol. The van der Waals surface area contributed by atoms with Crippen LogP contribution in [-0.4, -0.2) is 14.7 Å². The quantitative estimate of drug-likeness (QED) is 0.882. The lowest BCUT2D eigenvalue weighted by molar-refractivity contribution is 0.607. The molecule has 0 spiro atoms. The third-order valence-electron chi connectivity index (χ3n) is 2.55. The standard InChI is InChI=1S/C14H16N2O2S/c1-19(17,18)16-14-10-6-5-9-13(14)15-11-12-7-3-2-4-8-12/h2-10,15-16H,11H2,1H3. The molecule has 0 saturated carbocycles. The summed E-state index contributed by atoms with van der Waals surface area (Å²) in [7, 11) is -3.27. The van der Waals surface area contributed by atoms with Crippen molar-refractivity contribution in [3.63, 3.8) is 0 Å².